The first-order chi connectivity index (χ1) is 10.0. The van der Waals surface area contributed by atoms with Gasteiger partial charge in [0.2, 0.25) is 10.0 Å². The first kappa shape index (κ1) is 16.3. The molecule has 21 heavy (non-hydrogen) atoms. The lowest BCUT2D eigenvalue weighted by Crippen LogP contribution is -2.26. The van der Waals surface area contributed by atoms with E-state index in [1.54, 1.807) is 12.1 Å². The fourth-order valence-electron chi connectivity index (χ4n) is 2.71. The molecule has 1 aliphatic rings. The largest absolute Gasteiger partial charge is 0.384 e. The van der Waals surface area contributed by atoms with Crippen LogP contribution in [-0.4, -0.2) is 27.5 Å². The van der Waals surface area contributed by atoms with Gasteiger partial charge in [-0.15, -0.1) is 0 Å². The third-order valence-corrected chi connectivity index (χ3v) is 5.40. The van der Waals surface area contributed by atoms with E-state index in [0.717, 1.165) is 32.2 Å². The van der Waals surface area contributed by atoms with Crippen molar-refractivity contribution in [3.8, 4) is 0 Å². The molecule has 2 rings (SSSR count). The molecule has 0 spiro atoms. The lowest BCUT2D eigenvalue weighted by molar-refractivity contribution is 0.563. The van der Waals surface area contributed by atoms with Crippen LogP contribution in [0, 0.1) is 5.92 Å². The first-order valence-electron chi connectivity index (χ1n) is 7.61. The van der Waals surface area contributed by atoms with Crippen molar-refractivity contribution in [3.05, 3.63) is 24.3 Å². The van der Waals surface area contributed by atoms with Crippen molar-refractivity contribution < 1.29 is 8.42 Å². The van der Waals surface area contributed by atoms with E-state index in [1.165, 1.54) is 0 Å². The second-order valence-electron chi connectivity index (χ2n) is 5.71. The predicted octanol–water partition coefficient (Wildman–Crippen LogP) is 1.91. The van der Waals surface area contributed by atoms with E-state index in [9.17, 15) is 8.42 Å². The van der Waals surface area contributed by atoms with Crippen molar-refractivity contribution in [1.29, 1.82) is 0 Å². The van der Waals surface area contributed by atoms with Gasteiger partial charge in [-0.2, -0.15) is 0 Å². The summed E-state index contributed by atoms with van der Waals surface area (Å²) in [4.78, 5) is 0.320. The number of nitrogens with two attached hydrogens (primary N) is 1. The Morgan fingerprint density at radius 2 is 2.05 bits per heavy atom. The Morgan fingerprint density at radius 3 is 2.71 bits per heavy atom. The van der Waals surface area contributed by atoms with Crippen LogP contribution in [0.5, 0.6) is 0 Å². The lowest BCUT2D eigenvalue weighted by Gasteiger charge is -2.16. The van der Waals surface area contributed by atoms with Crippen molar-refractivity contribution >= 4 is 15.7 Å². The summed E-state index contributed by atoms with van der Waals surface area (Å²) in [5, 5.41) is 3.28. The number of hydrogen-bond acceptors (Lipinski definition) is 4. The average Bonchev–Trinajstić information content (AvgIpc) is 2.89. The van der Waals surface area contributed by atoms with Crippen LogP contribution in [-0.2, 0) is 10.0 Å². The molecule has 0 aromatic heterocycles. The van der Waals surface area contributed by atoms with Gasteiger partial charge in [0.05, 0.1) is 5.69 Å². The highest BCUT2D eigenvalue weighted by atomic mass is 32.2. The molecule has 5 nitrogen and oxygen atoms in total. The maximum absolute atomic E-state index is 12.3. The van der Waals surface area contributed by atoms with E-state index >= 15 is 0 Å². The van der Waals surface area contributed by atoms with Crippen molar-refractivity contribution in [3.63, 3.8) is 0 Å². The van der Waals surface area contributed by atoms with Crippen molar-refractivity contribution in [1.82, 2.24) is 4.72 Å². The highest BCUT2D eigenvalue weighted by Gasteiger charge is 2.22. The molecule has 0 bridgehead atoms. The van der Waals surface area contributed by atoms with Crippen molar-refractivity contribution in [2.24, 2.45) is 11.7 Å². The number of para-hydroxylation sites is 1. The minimum atomic E-state index is -3.45. The molecule has 2 atom stereocenters. The molecule has 1 aromatic carbocycles. The molecule has 1 aromatic rings. The standard InChI is InChI=1S/C15H25N3O2S/c1-2-9-18-21(19,20)15-6-4-3-5-14(15)17-11-12-7-8-13(16)10-12/h3-6,12-13,17-18H,2,7-11,16H2,1H3. The summed E-state index contributed by atoms with van der Waals surface area (Å²) in [7, 11) is -3.45. The van der Waals surface area contributed by atoms with Gasteiger partial charge < -0.3 is 11.1 Å². The predicted molar refractivity (Wildman–Crippen MR) is 85.7 cm³/mol. The van der Waals surface area contributed by atoms with Crippen LogP contribution in [0.1, 0.15) is 32.6 Å². The fraction of sp³-hybridized carbons (Fsp3) is 0.600. The quantitative estimate of drug-likeness (QED) is 0.718. The minimum Gasteiger partial charge on any atom is -0.384 e. The van der Waals surface area contributed by atoms with Gasteiger partial charge >= 0.3 is 0 Å². The van der Waals surface area contributed by atoms with Crippen molar-refractivity contribution in [2.45, 2.75) is 43.5 Å². The zero-order chi connectivity index (χ0) is 15.3. The number of benzene rings is 1. The molecule has 0 heterocycles. The summed E-state index contributed by atoms with van der Waals surface area (Å²) in [5.41, 5.74) is 6.58. The van der Waals surface area contributed by atoms with E-state index in [0.29, 0.717) is 29.1 Å². The zero-order valence-electron chi connectivity index (χ0n) is 12.5. The Labute approximate surface area is 127 Å². The summed E-state index contributed by atoms with van der Waals surface area (Å²) < 4.78 is 27.2. The molecular formula is C15H25N3O2S. The molecule has 1 fully saturated rings. The van der Waals surface area contributed by atoms with Crippen LogP contribution in [0.4, 0.5) is 5.69 Å². The third kappa shape index (κ3) is 4.43. The third-order valence-electron chi connectivity index (χ3n) is 3.88. The number of anilines is 1. The van der Waals surface area contributed by atoms with Gasteiger partial charge in [0.25, 0.3) is 0 Å². The van der Waals surface area contributed by atoms with Gasteiger partial charge in [-0.3, -0.25) is 0 Å². The van der Waals surface area contributed by atoms with Crippen LogP contribution in [0.3, 0.4) is 0 Å². The van der Waals surface area contributed by atoms with E-state index in [4.69, 9.17) is 5.73 Å². The van der Waals surface area contributed by atoms with Crippen LogP contribution < -0.4 is 15.8 Å². The van der Waals surface area contributed by atoms with E-state index in [2.05, 4.69) is 10.0 Å². The van der Waals surface area contributed by atoms with Gasteiger partial charge in [0, 0.05) is 19.1 Å². The van der Waals surface area contributed by atoms with E-state index < -0.39 is 10.0 Å². The zero-order valence-corrected chi connectivity index (χ0v) is 13.3. The number of rotatable bonds is 7. The molecule has 118 valence electrons. The second-order valence-corrected chi connectivity index (χ2v) is 7.45. The van der Waals surface area contributed by atoms with Gasteiger partial charge in [0.15, 0.2) is 0 Å². The van der Waals surface area contributed by atoms with Gasteiger partial charge in [-0.05, 0) is 43.7 Å². The first-order valence-corrected chi connectivity index (χ1v) is 9.09. The summed E-state index contributed by atoms with van der Waals surface area (Å²) in [6, 6.07) is 7.34. The molecule has 2 unspecified atom stereocenters. The SMILES string of the molecule is CCCNS(=O)(=O)c1ccccc1NCC1CCC(N)C1. The molecule has 0 radical (unpaired) electrons. The molecule has 0 aliphatic heterocycles. The molecule has 4 N–H and O–H groups in total. The Morgan fingerprint density at radius 1 is 1.29 bits per heavy atom. The van der Waals surface area contributed by atoms with Crippen LogP contribution >= 0.6 is 0 Å². The van der Waals surface area contributed by atoms with Crippen molar-refractivity contribution in [2.75, 3.05) is 18.4 Å². The smallest absolute Gasteiger partial charge is 0.242 e. The average molecular weight is 311 g/mol. The Bertz CT molecular complexity index is 560. The maximum atomic E-state index is 12.3. The molecule has 0 saturated heterocycles. The van der Waals surface area contributed by atoms with Gasteiger partial charge in [0.1, 0.15) is 4.90 Å². The van der Waals surface area contributed by atoms with E-state index in [1.807, 2.05) is 19.1 Å². The summed E-state index contributed by atoms with van der Waals surface area (Å²) >= 11 is 0. The van der Waals surface area contributed by atoms with Gasteiger partial charge in [-0.1, -0.05) is 19.1 Å². The van der Waals surface area contributed by atoms with Gasteiger partial charge in [-0.25, -0.2) is 13.1 Å². The fourth-order valence-corrected chi connectivity index (χ4v) is 4.03. The minimum absolute atomic E-state index is 0.294. The lowest BCUT2D eigenvalue weighted by atomic mass is 10.1. The Balaban J connectivity index is 2.06. The number of nitrogens with one attached hydrogen (secondary N) is 2. The normalized spacial score (nSPS) is 22.4. The van der Waals surface area contributed by atoms with Crippen LogP contribution in [0.15, 0.2) is 29.2 Å². The number of sulfonamides is 1. The molecule has 0 amide bonds. The van der Waals surface area contributed by atoms with E-state index in [-0.39, 0.29) is 0 Å². The highest BCUT2D eigenvalue weighted by Crippen LogP contribution is 2.26. The topological polar surface area (TPSA) is 84.2 Å². The molecule has 6 heteroatoms. The summed E-state index contributed by atoms with van der Waals surface area (Å²) in [5.74, 6) is 0.527. The summed E-state index contributed by atoms with van der Waals surface area (Å²) in [6.07, 6.45) is 3.95. The molecule has 1 aliphatic carbocycles. The molecular weight excluding hydrogens is 286 g/mol. The Hall–Kier alpha value is -1.11. The monoisotopic (exact) mass is 311 g/mol. The van der Waals surface area contributed by atoms with Crippen LogP contribution in [0.2, 0.25) is 0 Å². The molecule has 1 saturated carbocycles. The second kappa shape index (κ2) is 7.24. The maximum Gasteiger partial charge on any atom is 0.242 e. The van der Waals surface area contributed by atoms with Crippen LogP contribution in [0.25, 0.3) is 0 Å². The highest BCUT2D eigenvalue weighted by molar-refractivity contribution is 7.89. The Kier molecular flexibility index (Phi) is 5.61. The summed E-state index contributed by atoms with van der Waals surface area (Å²) in [6.45, 7) is 3.16. The number of hydrogen-bond donors (Lipinski definition) is 3.